The summed E-state index contributed by atoms with van der Waals surface area (Å²) in [6.07, 6.45) is 3.70. The molecule has 0 radical (unpaired) electrons. The molecular weight excluding hydrogens is 214 g/mol. The Morgan fingerprint density at radius 2 is 2.18 bits per heavy atom. The third-order valence-corrected chi connectivity index (χ3v) is 2.82. The Balaban J connectivity index is 2.44. The van der Waals surface area contributed by atoms with Gasteiger partial charge in [-0.15, -0.1) is 0 Å². The molecule has 5 nitrogen and oxygen atoms in total. The molecule has 0 amide bonds. The maximum absolute atomic E-state index is 5.96. The number of hydrogen-bond donors (Lipinski definition) is 3. The van der Waals surface area contributed by atoms with Crippen LogP contribution in [-0.4, -0.2) is 9.55 Å². The van der Waals surface area contributed by atoms with E-state index in [0.717, 1.165) is 17.9 Å². The van der Waals surface area contributed by atoms with Gasteiger partial charge in [0.05, 0.1) is 0 Å². The van der Waals surface area contributed by atoms with Gasteiger partial charge in [0.15, 0.2) is 0 Å². The van der Waals surface area contributed by atoms with Crippen LogP contribution in [0, 0.1) is 0 Å². The number of hydrazine groups is 1. The second kappa shape index (κ2) is 4.99. The van der Waals surface area contributed by atoms with E-state index in [1.165, 1.54) is 0 Å². The Morgan fingerprint density at radius 3 is 2.82 bits per heavy atom. The van der Waals surface area contributed by atoms with Crippen LogP contribution >= 0.6 is 0 Å². The van der Waals surface area contributed by atoms with Gasteiger partial charge < -0.3 is 10.3 Å². The number of rotatable bonds is 4. The monoisotopic (exact) mass is 231 g/mol. The second-order valence-electron chi connectivity index (χ2n) is 3.80. The number of para-hydroxylation sites is 1. The lowest BCUT2D eigenvalue weighted by molar-refractivity contribution is 0.562. The van der Waals surface area contributed by atoms with Crippen LogP contribution in [0.25, 0.3) is 0 Å². The van der Waals surface area contributed by atoms with Gasteiger partial charge in [0.25, 0.3) is 0 Å². The predicted molar refractivity (Wildman–Crippen MR) is 67.9 cm³/mol. The minimum atomic E-state index is -0.189. The number of aryl methyl sites for hydroxylation is 1. The minimum absolute atomic E-state index is 0.189. The number of anilines is 1. The zero-order valence-corrected chi connectivity index (χ0v) is 9.80. The van der Waals surface area contributed by atoms with Crippen LogP contribution in [0.3, 0.4) is 0 Å². The van der Waals surface area contributed by atoms with Crippen molar-refractivity contribution in [3.63, 3.8) is 0 Å². The van der Waals surface area contributed by atoms with Crippen LogP contribution in [-0.2, 0) is 6.54 Å². The van der Waals surface area contributed by atoms with Gasteiger partial charge in [-0.25, -0.2) is 10.4 Å². The van der Waals surface area contributed by atoms with E-state index in [-0.39, 0.29) is 6.04 Å². The highest BCUT2D eigenvalue weighted by Gasteiger charge is 2.19. The summed E-state index contributed by atoms with van der Waals surface area (Å²) in [6.45, 7) is 2.91. The van der Waals surface area contributed by atoms with Gasteiger partial charge >= 0.3 is 0 Å². The van der Waals surface area contributed by atoms with Gasteiger partial charge in [0, 0.05) is 30.2 Å². The Hall–Kier alpha value is -1.85. The van der Waals surface area contributed by atoms with Crippen molar-refractivity contribution in [3.8, 4) is 0 Å². The lowest BCUT2D eigenvalue weighted by atomic mass is 10.0. The maximum Gasteiger partial charge on any atom is 0.131 e. The molecule has 0 spiro atoms. The average Bonchev–Trinajstić information content (AvgIpc) is 2.81. The summed E-state index contributed by atoms with van der Waals surface area (Å²) in [5.41, 5.74) is 10.4. The van der Waals surface area contributed by atoms with Crippen LogP contribution in [0.15, 0.2) is 36.7 Å². The lowest BCUT2D eigenvalue weighted by Gasteiger charge is -2.18. The Labute approximate surface area is 100 Å². The van der Waals surface area contributed by atoms with Gasteiger partial charge in [0.2, 0.25) is 0 Å². The van der Waals surface area contributed by atoms with E-state index in [1.54, 1.807) is 6.20 Å². The molecule has 1 aromatic heterocycles. The smallest absolute Gasteiger partial charge is 0.131 e. The highest BCUT2D eigenvalue weighted by Crippen LogP contribution is 2.24. The molecule has 0 aliphatic rings. The zero-order valence-electron chi connectivity index (χ0n) is 9.80. The third kappa shape index (κ3) is 2.15. The molecule has 1 aromatic carbocycles. The number of nitrogens with one attached hydrogen (secondary N) is 1. The first kappa shape index (κ1) is 11.6. The van der Waals surface area contributed by atoms with Crippen molar-refractivity contribution in [1.82, 2.24) is 15.0 Å². The molecule has 2 rings (SSSR count). The molecule has 5 heteroatoms. The van der Waals surface area contributed by atoms with E-state index in [9.17, 15) is 0 Å². The summed E-state index contributed by atoms with van der Waals surface area (Å²) in [7, 11) is 0. The quantitative estimate of drug-likeness (QED) is 0.417. The van der Waals surface area contributed by atoms with Crippen LogP contribution < -0.4 is 17.0 Å². The molecule has 1 unspecified atom stereocenters. The van der Waals surface area contributed by atoms with Crippen LogP contribution in [0.5, 0.6) is 0 Å². The van der Waals surface area contributed by atoms with Crippen molar-refractivity contribution in [2.45, 2.75) is 19.5 Å². The molecule has 0 saturated heterocycles. The number of hydrogen-bond acceptors (Lipinski definition) is 4. The van der Waals surface area contributed by atoms with Gasteiger partial charge in [-0.3, -0.25) is 5.84 Å². The SMILES string of the molecule is CCn1ccnc1C(NN)c1ccccc1N. The van der Waals surface area contributed by atoms with Crippen LogP contribution in [0.4, 0.5) is 5.69 Å². The fourth-order valence-corrected chi connectivity index (χ4v) is 1.93. The molecule has 0 saturated carbocycles. The fraction of sp³-hybridized carbons (Fsp3) is 0.250. The Kier molecular flexibility index (Phi) is 3.41. The Morgan fingerprint density at radius 1 is 1.41 bits per heavy atom. The normalized spacial score (nSPS) is 12.6. The van der Waals surface area contributed by atoms with Gasteiger partial charge in [-0.2, -0.15) is 0 Å². The Bertz CT molecular complexity index is 491. The van der Waals surface area contributed by atoms with E-state index in [1.807, 2.05) is 35.0 Å². The number of nitrogen functional groups attached to an aromatic ring is 1. The van der Waals surface area contributed by atoms with Gasteiger partial charge in [0.1, 0.15) is 11.9 Å². The molecule has 2 aromatic rings. The molecule has 1 heterocycles. The van der Waals surface area contributed by atoms with E-state index in [2.05, 4.69) is 17.3 Å². The minimum Gasteiger partial charge on any atom is -0.398 e. The summed E-state index contributed by atoms with van der Waals surface area (Å²) in [5, 5.41) is 0. The first-order valence-corrected chi connectivity index (χ1v) is 5.59. The zero-order chi connectivity index (χ0) is 12.3. The number of aromatic nitrogens is 2. The first-order valence-electron chi connectivity index (χ1n) is 5.59. The summed E-state index contributed by atoms with van der Waals surface area (Å²) in [6, 6.07) is 7.47. The number of benzene rings is 1. The second-order valence-corrected chi connectivity index (χ2v) is 3.80. The highest BCUT2D eigenvalue weighted by molar-refractivity contribution is 5.49. The van der Waals surface area contributed by atoms with Crippen molar-refractivity contribution in [3.05, 3.63) is 48.0 Å². The number of nitrogens with two attached hydrogens (primary N) is 2. The molecule has 5 N–H and O–H groups in total. The maximum atomic E-state index is 5.96. The molecule has 0 aliphatic carbocycles. The number of nitrogens with zero attached hydrogens (tertiary/aromatic N) is 2. The van der Waals surface area contributed by atoms with Crippen LogP contribution in [0.1, 0.15) is 24.4 Å². The van der Waals surface area contributed by atoms with Gasteiger partial charge in [-0.05, 0) is 13.0 Å². The summed E-state index contributed by atoms with van der Waals surface area (Å²) in [4.78, 5) is 4.34. The standard InChI is InChI=1S/C12H17N5/c1-2-17-8-7-15-12(17)11(16-14)9-5-3-4-6-10(9)13/h3-8,11,16H,2,13-14H2,1H3. The van der Waals surface area contributed by atoms with Crippen molar-refractivity contribution >= 4 is 5.69 Å². The summed E-state index contributed by atoms with van der Waals surface area (Å²) in [5.74, 6) is 6.50. The first-order chi connectivity index (χ1) is 8.27. The van der Waals surface area contributed by atoms with Crippen molar-refractivity contribution in [1.29, 1.82) is 0 Å². The van der Waals surface area contributed by atoms with E-state index >= 15 is 0 Å². The van der Waals surface area contributed by atoms with Crippen molar-refractivity contribution in [2.24, 2.45) is 5.84 Å². The molecule has 0 aliphatic heterocycles. The molecular formula is C12H17N5. The van der Waals surface area contributed by atoms with Crippen LogP contribution in [0.2, 0.25) is 0 Å². The van der Waals surface area contributed by atoms with E-state index in [0.29, 0.717) is 5.69 Å². The highest BCUT2D eigenvalue weighted by atomic mass is 15.3. The summed E-state index contributed by atoms with van der Waals surface area (Å²) >= 11 is 0. The molecule has 90 valence electrons. The third-order valence-electron chi connectivity index (χ3n) is 2.82. The number of imidazole rings is 1. The molecule has 0 bridgehead atoms. The topological polar surface area (TPSA) is 81.9 Å². The lowest BCUT2D eigenvalue weighted by Crippen LogP contribution is -2.31. The van der Waals surface area contributed by atoms with E-state index < -0.39 is 0 Å². The molecule has 0 fully saturated rings. The average molecular weight is 231 g/mol. The largest absolute Gasteiger partial charge is 0.398 e. The van der Waals surface area contributed by atoms with Crippen molar-refractivity contribution in [2.75, 3.05) is 5.73 Å². The van der Waals surface area contributed by atoms with Gasteiger partial charge in [-0.1, -0.05) is 18.2 Å². The van der Waals surface area contributed by atoms with Crippen molar-refractivity contribution < 1.29 is 0 Å². The fourth-order valence-electron chi connectivity index (χ4n) is 1.93. The predicted octanol–water partition coefficient (Wildman–Crippen LogP) is 1.04. The van der Waals surface area contributed by atoms with E-state index in [4.69, 9.17) is 11.6 Å². The summed E-state index contributed by atoms with van der Waals surface area (Å²) < 4.78 is 2.04. The molecule has 17 heavy (non-hydrogen) atoms. The molecule has 1 atom stereocenters.